The van der Waals surface area contributed by atoms with Crippen LogP contribution in [-0.4, -0.2) is 37.5 Å². The minimum atomic E-state index is 0.0189. The van der Waals surface area contributed by atoms with E-state index in [9.17, 15) is 0 Å². The van der Waals surface area contributed by atoms with Crippen molar-refractivity contribution in [2.75, 3.05) is 26.7 Å². The van der Waals surface area contributed by atoms with Crippen LogP contribution in [0.4, 0.5) is 0 Å². The van der Waals surface area contributed by atoms with E-state index in [1.54, 1.807) is 7.11 Å². The van der Waals surface area contributed by atoms with Crippen LogP contribution >= 0.6 is 0 Å². The Labute approximate surface area is 236 Å². The van der Waals surface area contributed by atoms with Crippen LogP contribution in [0, 0.1) is 35.7 Å². The van der Waals surface area contributed by atoms with Crippen LogP contribution in [0.5, 0.6) is 5.75 Å². The predicted molar refractivity (Wildman–Crippen MR) is 162 cm³/mol. The minimum Gasteiger partial charge on any atom is -0.496 e. The molecule has 3 fully saturated rings. The number of amidine groups is 1. The van der Waals surface area contributed by atoms with Gasteiger partial charge in [0.15, 0.2) is 0 Å². The third-order valence-corrected chi connectivity index (χ3v) is 9.06. The number of likely N-dealkylation sites (tertiary alicyclic amines) is 1. The SMILES string of the molecule is CC1CCC1.COc1cccc(C(C(N)=NCCc2ccccc2)N2CCC(C3CCCC3)CC2)c1C.N=N. The fourth-order valence-corrected chi connectivity index (χ4v) is 6.43. The summed E-state index contributed by atoms with van der Waals surface area (Å²) >= 11 is 0. The fraction of sp³-hybridized carbons (Fsp3) is 0.606. The van der Waals surface area contributed by atoms with Crippen molar-refractivity contribution in [3.63, 3.8) is 0 Å². The monoisotopic (exact) mass is 533 g/mol. The number of nitrogens with zero attached hydrogens (tertiary/aromatic N) is 2. The van der Waals surface area contributed by atoms with Gasteiger partial charge in [0.1, 0.15) is 11.6 Å². The van der Waals surface area contributed by atoms with E-state index in [1.165, 1.54) is 74.5 Å². The van der Waals surface area contributed by atoms with Crippen molar-refractivity contribution >= 4 is 5.84 Å². The second-order valence-electron chi connectivity index (χ2n) is 11.6. The van der Waals surface area contributed by atoms with E-state index in [4.69, 9.17) is 26.5 Å². The summed E-state index contributed by atoms with van der Waals surface area (Å²) in [5, 5.41) is 0. The lowest BCUT2D eigenvalue weighted by Gasteiger charge is -2.39. The first-order valence-electron chi connectivity index (χ1n) is 15.0. The molecule has 0 spiro atoms. The van der Waals surface area contributed by atoms with Crippen LogP contribution < -0.4 is 10.5 Å². The van der Waals surface area contributed by atoms with E-state index in [2.05, 4.69) is 61.2 Å². The molecule has 0 aromatic heterocycles. The van der Waals surface area contributed by atoms with Gasteiger partial charge in [-0.25, -0.2) is 11.1 Å². The zero-order chi connectivity index (χ0) is 28.0. The average Bonchev–Trinajstić information content (AvgIpc) is 3.51. The summed E-state index contributed by atoms with van der Waals surface area (Å²) in [6.07, 6.45) is 13.7. The number of ether oxygens (including phenoxy) is 1. The van der Waals surface area contributed by atoms with Gasteiger partial charge in [-0.3, -0.25) is 9.89 Å². The van der Waals surface area contributed by atoms with Crippen molar-refractivity contribution in [3.8, 4) is 5.75 Å². The first kappa shape index (κ1) is 30.8. The van der Waals surface area contributed by atoms with Gasteiger partial charge in [0.25, 0.3) is 0 Å². The van der Waals surface area contributed by atoms with Crippen LogP contribution in [0.1, 0.15) is 87.4 Å². The number of aliphatic imine (C=N–C) groups is 1. The summed E-state index contributed by atoms with van der Waals surface area (Å²) in [5.74, 6) is 4.56. The van der Waals surface area contributed by atoms with E-state index in [1.807, 2.05) is 6.07 Å². The maximum Gasteiger partial charge on any atom is 0.122 e. The number of hydrogen-bond acceptors (Lipinski definition) is 5. The van der Waals surface area contributed by atoms with Gasteiger partial charge in [0.2, 0.25) is 0 Å². The van der Waals surface area contributed by atoms with E-state index in [-0.39, 0.29) is 6.04 Å². The molecule has 5 rings (SSSR count). The smallest absolute Gasteiger partial charge is 0.122 e. The van der Waals surface area contributed by atoms with Crippen molar-refractivity contribution in [1.82, 2.24) is 4.90 Å². The Morgan fingerprint density at radius 1 is 0.923 bits per heavy atom. The Kier molecular flexibility index (Phi) is 12.9. The zero-order valence-corrected chi connectivity index (χ0v) is 24.5. The molecule has 4 N–H and O–H groups in total. The standard InChI is InChI=1S/C28H39N3O.C5H10.H2N2/c1-21-25(13-8-14-26(21)32-2)27(28(29)30-18-15-22-9-4-3-5-10-22)31-19-16-24(17-20-31)23-11-6-7-12-23;1-5-3-2-4-5;1-2/h3-5,8-10,13-14,23-24,27H,6-7,11-12,15-20H2,1-2H3,(H2,29,30);5H,2-4H2,1H3;1-2H. The lowest BCUT2D eigenvalue weighted by molar-refractivity contribution is 0.131. The van der Waals surface area contributed by atoms with Crippen LogP contribution in [0.25, 0.3) is 0 Å². The highest BCUT2D eigenvalue weighted by molar-refractivity contribution is 5.87. The molecule has 0 radical (unpaired) electrons. The Morgan fingerprint density at radius 3 is 2.10 bits per heavy atom. The Hall–Kier alpha value is -2.73. The Balaban J connectivity index is 0.000000530. The molecule has 2 aromatic rings. The molecule has 1 atom stereocenters. The molecule has 0 bridgehead atoms. The normalized spacial score (nSPS) is 19.7. The second-order valence-corrected chi connectivity index (χ2v) is 11.6. The number of nitrogens with two attached hydrogens (primary N) is 1. The highest BCUT2D eigenvalue weighted by Gasteiger charge is 2.33. The number of benzene rings is 2. The predicted octanol–water partition coefficient (Wildman–Crippen LogP) is 7.95. The molecule has 3 aliphatic rings. The maximum absolute atomic E-state index is 6.73. The molecular weight excluding hydrogens is 482 g/mol. The van der Waals surface area contributed by atoms with E-state index in [0.29, 0.717) is 6.54 Å². The van der Waals surface area contributed by atoms with Gasteiger partial charge in [-0.15, -0.1) is 0 Å². The third kappa shape index (κ3) is 8.89. The highest BCUT2D eigenvalue weighted by Crippen LogP contribution is 2.39. The molecule has 1 saturated heterocycles. The van der Waals surface area contributed by atoms with E-state index in [0.717, 1.165) is 48.8 Å². The molecule has 2 aromatic carbocycles. The first-order valence-corrected chi connectivity index (χ1v) is 15.0. The third-order valence-electron chi connectivity index (χ3n) is 9.06. The van der Waals surface area contributed by atoms with Gasteiger partial charge < -0.3 is 10.5 Å². The van der Waals surface area contributed by atoms with Crippen LogP contribution in [0.2, 0.25) is 0 Å². The molecule has 39 heavy (non-hydrogen) atoms. The quantitative estimate of drug-likeness (QED) is 0.182. The Morgan fingerprint density at radius 2 is 1.54 bits per heavy atom. The second kappa shape index (κ2) is 16.4. The van der Waals surface area contributed by atoms with Gasteiger partial charge in [-0.2, -0.15) is 0 Å². The van der Waals surface area contributed by atoms with Crippen LogP contribution in [-0.2, 0) is 6.42 Å². The van der Waals surface area contributed by atoms with Crippen molar-refractivity contribution in [2.24, 2.45) is 28.5 Å². The molecule has 1 aliphatic heterocycles. The molecule has 6 heteroatoms. The number of rotatable bonds is 8. The summed E-state index contributed by atoms with van der Waals surface area (Å²) in [7, 11) is 1.74. The van der Waals surface area contributed by atoms with Crippen molar-refractivity contribution in [1.29, 1.82) is 11.1 Å². The minimum absolute atomic E-state index is 0.0189. The molecule has 6 nitrogen and oxygen atoms in total. The van der Waals surface area contributed by atoms with E-state index >= 15 is 0 Å². The van der Waals surface area contributed by atoms with Gasteiger partial charge >= 0.3 is 0 Å². The largest absolute Gasteiger partial charge is 0.496 e. The van der Waals surface area contributed by atoms with Crippen LogP contribution in [0.3, 0.4) is 0 Å². The number of hydrogen-bond donors (Lipinski definition) is 3. The summed E-state index contributed by atoms with van der Waals surface area (Å²) in [6.45, 7) is 7.36. The van der Waals surface area contributed by atoms with Gasteiger partial charge in [-0.05, 0) is 79.8 Å². The molecule has 2 aliphatic carbocycles. The molecule has 0 amide bonds. The number of piperidine rings is 1. The highest BCUT2D eigenvalue weighted by atomic mass is 16.5. The first-order chi connectivity index (χ1) is 19.1. The zero-order valence-electron chi connectivity index (χ0n) is 24.5. The summed E-state index contributed by atoms with van der Waals surface area (Å²) in [5.41, 5.74) is 20.4. The van der Waals surface area contributed by atoms with Crippen LogP contribution in [0.15, 0.2) is 53.5 Å². The van der Waals surface area contributed by atoms with Crippen molar-refractivity contribution < 1.29 is 4.74 Å². The van der Waals surface area contributed by atoms with Gasteiger partial charge in [0.05, 0.1) is 13.2 Å². The fourth-order valence-electron chi connectivity index (χ4n) is 6.43. The average molecular weight is 534 g/mol. The van der Waals surface area contributed by atoms with Gasteiger partial charge in [-0.1, -0.05) is 94.3 Å². The Bertz CT molecular complexity index is 992. The lowest BCUT2D eigenvalue weighted by Crippen LogP contribution is -2.44. The molecule has 2 saturated carbocycles. The summed E-state index contributed by atoms with van der Waals surface area (Å²) < 4.78 is 5.63. The van der Waals surface area contributed by atoms with Crippen molar-refractivity contribution in [3.05, 3.63) is 65.2 Å². The van der Waals surface area contributed by atoms with Gasteiger partial charge in [0, 0.05) is 6.54 Å². The number of methoxy groups -OCH3 is 1. The number of nitrogens with one attached hydrogen (secondary N) is 2. The lowest BCUT2D eigenvalue weighted by atomic mass is 9.82. The van der Waals surface area contributed by atoms with Crippen molar-refractivity contribution in [2.45, 2.75) is 84.1 Å². The molecular formula is C33H51N5O. The van der Waals surface area contributed by atoms with E-state index < -0.39 is 0 Å². The molecule has 214 valence electrons. The molecule has 1 unspecified atom stereocenters. The summed E-state index contributed by atoms with van der Waals surface area (Å²) in [4.78, 5) is 7.44. The molecule has 1 heterocycles. The topological polar surface area (TPSA) is 98.6 Å². The maximum atomic E-state index is 6.73. The summed E-state index contributed by atoms with van der Waals surface area (Å²) in [6, 6.07) is 16.9.